The number of hydrogen-bond donors (Lipinski definition) is 3. The van der Waals surface area contributed by atoms with E-state index in [1.165, 1.54) is 26.0 Å². The van der Waals surface area contributed by atoms with Crippen LogP contribution in [0.15, 0.2) is 48.5 Å². The first-order chi connectivity index (χ1) is 16.7. The van der Waals surface area contributed by atoms with Crippen LogP contribution in [-0.2, 0) is 16.0 Å². The average Bonchev–Trinajstić information content (AvgIpc) is 3.26. The molecule has 0 saturated heterocycles. The molecule has 0 saturated carbocycles. The molecule has 0 spiro atoms. The Balaban J connectivity index is 1.50. The molecule has 0 bridgehead atoms. The molecule has 9 heteroatoms. The molecule has 0 aliphatic carbocycles. The molecule has 3 aromatic rings. The minimum atomic E-state index is -0.293. The topological polar surface area (TPSA) is 107 Å². The van der Waals surface area contributed by atoms with E-state index in [9.17, 15) is 18.8 Å². The van der Waals surface area contributed by atoms with Gasteiger partial charge >= 0.3 is 0 Å². The molecule has 35 heavy (non-hydrogen) atoms. The number of hydrogen-bond acceptors (Lipinski definition) is 4. The minimum absolute atomic E-state index is 0.197. The van der Waals surface area contributed by atoms with E-state index in [0.29, 0.717) is 29.2 Å². The van der Waals surface area contributed by atoms with Crippen LogP contribution in [0.5, 0.6) is 0 Å². The monoisotopic (exact) mass is 479 g/mol. The maximum absolute atomic E-state index is 13.4. The van der Waals surface area contributed by atoms with Gasteiger partial charge in [0.15, 0.2) is 0 Å². The first-order valence-electron chi connectivity index (χ1n) is 11.5. The van der Waals surface area contributed by atoms with Crippen LogP contribution in [0.25, 0.3) is 11.3 Å². The van der Waals surface area contributed by atoms with E-state index >= 15 is 0 Å². The number of nitrogens with zero attached hydrogens (tertiary/aromatic N) is 2. The Bertz CT molecular complexity index is 1170. The maximum atomic E-state index is 13.4. The van der Waals surface area contributed by atoms with Crippen LogP contribution in [0.4, 0.5) is 15.8 Å². The van der Waals surface area contributed by atoms with E-state index in [4.69, 9.17) is 0 Å². The highest BCUT2D eigenvalue weighted by Crippen LogP contribution is 2.21. The summed E-state index contributed by atoms with van der Waals surface area (Å²) >= 11 is 0. The van der Waals surface area contributed by atoms with Crippen molar-refractivity contribution < 1.29 is 18.8 Å². The summed E-state index contributed by atoms with van der Waals surface area (Å²) in [7, 11) is 1.73. The van der Waals surface area contributed by atoms with Gasteiger partial charge in [-0.1, -0.05) is 18.6 Å². The Labute approximate surface area is 203 Å². The number of amides is 3. The lowest BCUT2D eigenvalue weighted by Crippen LogP contribution is -2.28. The van der Waals surface area contributed by atoms with Crippen molar-refractivity contribution in [1.82, 2.24) is 15.1 Å². The molecule has 0 atom stereocenters. The Morgan fingerprint density at radius 3 is 2.26 bits per heavy atom. The number of aromatic amines is 1. The predicted octanol–water partition coefficient (Wildman–Crippen LogP) is 4.62. The molecule has 3 rings (SSSR count). The van der Waals surface area contributed by atoms with Gasteiger partial charge in [-0.3, -0.25) is 19.5 Å². The van der Waals surface area contributed by atoms with Gasteiger partial charge in [0.05, 0.1) is 5.69 Å². The number of benzene rings is 2. The second kappa shape index (κ2) is 11.9. The lowest BCUT2D eigenvalue weighted by molar-refractivity contribution is -0.115. The zero-order valence-corrected chi connectivity index (χ0v) is 20.2. The highest BCUT2D eigenvalue weighted by Gasteiger charge is 2.15. The summed E-state index contributed by atoms with van der Waals surface area (Å²) in [5.41, 5.74) is 3.69. The summed E-state index contributed by atoms with van der Waals surface area (Å²) in [6.45, 7) is 3.32. The molecule has 2 aromatic carbocycles. The van der Waals surface area contributed by atoms with Gasteiger partial charge in [-0.15, -0.1) is 0 Å². The van der Waals surface area contributed by atoms with Gasteiger partial charge in [-0.05, 0) is 55.7 Å². The fraction of sp³-hybridized carbons (Fsp3) is 0.308. The van der Waals surface area contributed by atoms with Gasteiger partial charge < -0.3 is 15.5 Å². The SMILES string of the molecule is CC(=O)Nc1cc(NC(C)=O)cc(C(=O)N(C)CCCCCc2cc(-c3cccc(F)c3)n[nH]2)c1. The molecule has 3 amide bonds. The summed E-state index contributed by atoms with van der Waals surface area (Å²) in [4.78, 5) is 37.4. The molecule has 3 N–H and O–H groups in total. The number of unbranched alkanes of at least 4 members (excludes halogenated alkanes) is 2. The lowest BCUT2D eigenvalue weighted by Gasteiger charge is -2.18. The molecule has 1 aromatic heterocycles. The van der Waals surface area contributed by atoms with Crippen LogP contribution in [0.2, 0.25) is 0 Å². The minimum Gasteiger partial charge on any atom is -0.342 e. The highest BCUT2D eigenvalue weighted by atomic mass is 19.1. The Hall–Kier alpha value is -4.01. The van der Waals surface area contributed by atoms with Crippen LogP contribution in [-0.4, -0.2) is 46.4 Å². The van der Waals surface area contributed by atoms with E-state index in [-0.39, 0.29) is 23.5 Å². The molecule has 0 aliphatic heterocycles. The number of H-pyrrole nitrogens is 1. The Kier molecular flexibility index (Phi) is 8.72. The van der Waals surface area contributed by atoms with Crippen molar-refractivity contribution in [3.8, 4) is 11.3 Å². The van der Waals surface area contributed by atoms with Gasteiger partial charge in [0, 0.05) is 55.6 Å². The van der Waals surface area contributed by atoms with Crippen LogP contribution >= 0.6 is 0 Å². The van der Waals surface area contributed by atoms with Gasteiger partial charge in [-0.2, -0.15) is 5.10 Å². The van der Waals surface area contributed by atoms with Crippen molar-refractivity contribution in [1.29, 1.82) is 0 Å². The fourth-order valence-corrected chi connectivity index (χ4v) is 3.75. The molecule has 0 aliphatic rings. The van der Waals surface area contributed by atoms with Crippen molar-refractivity contribution in [2.75, 3.05) is 24.2 Å². The number of rotatable bonds is 10. The highest BCUT2D eigenvalue weighted by molar-refractivity contribution is 5.99. The van der Waals surface area contributed by atoms with Crippen molar-refractivity contribution >= 4 is 29.1 Å². The lowest BCUT2D eigenvalue weighted by atomic mass is 10.1. The van der Waals surface area contributed by atoms with E-state index < -0.39 is 0 Å². The van der Waals surface area contributed by atoms with Gasteiger partial charge in [0.25, 0.3) is 5.91 Å². The number of carbonyl (C=O) groups is 3. The van der Waals surface area contributed by atoms with Crippen LogP contribution in [0.3, 0.4) is 0 Å². The number of nitrogens with one attached hydrogen (secondary N) is 3. The number of aryl methyl sites for hydroxylation is 1. The summed E-state index contributed by atoms with van der Waals surface area (Å²) in [5, 5.41) is 12.6. The molecule has 184 valence electrons. The zero-order chi connectivity index (χ0) is 25.4. The molecular weight excluding hydrogens is 449 g/mol. The van der Waals surface area contributed by atoms with Crippen molar-refractivity contribution in [2.24, 2.45) is 0 Å². The van der Waals surface area contributed by atoms with Crippen molar-refractivity contribution in [3.05, 3.63) is 65.6 Å². The second-order valence-electron chi connectivity index (χ2n) is 8.49. The van der Waals surface area contributed by atoms with Gasteiger partial charge in [-0.25, -0.2) is 4.39 Å². The van der Waals surface area contributed by atoms with Crippen LogP contribution in [0, 0.1) is 5.82 Å². The van der Waals surface area contributed by atoms with E-state index in [2.05, 4.69) is 20.8 Å². The van der Waals surface area contributed by atoms with Crippen molar-refractivity contribution in [2.45, 2.75) is 39.5 Å². The van der Waals surface area contributed by atoms with Gasteiger partial charge in [0.1, 0.15) is 5.82 Å². The number of aromatic nitrogens is 2. The summed E-state index contributed by atoms with van der Waals surface area (Å²) in [6, 6.07) is 13.1. The summed E-state index contributed by atoms with van der Waals surface area (Å²) < 4.78 is 13.4. The number of halogens is 1. The molecule has 0 unspecified atom stereocenters. The normalized spacial score (nSPS) is 10.6. The average molecular weight is 480 g/mol. The first-order valence-corrected chi connectivity index (χ1v) is 11.5. The smallest absolute Gasteiger partial charge is 0.253 e. The van der Waals surface area contributed by atoms with Crippen LogP contribution in [0.1, 0.15) is 49.2 Å². The Morgan fingerprint density at radius 2 is 1.63 bits per heavy atom. The second-order valence-corrected chi connectivity index (χ2v) is 8.49. The summed E-state index contributed by atoms with van der Waals surface area (Å²) in [6.07, 6.45) is 3.45. The van der Waals surface area contributed by atoms with E-state index in [0.717, 1.165) is 36.9 Å². The van der Waals surface area contributed by atoms with Crippen molar-refractivity contribution in [3.63, 3.8) is 0 Å². The van der Waals surface area contributed by atoms with Gasteiger partial charge in [0.2, 0.25) is 11.8 Å². The largest absolute Gasteiger partial charge is 0.342 e. The molecule has 1 heterocycles. The maximum Gasteiger partial charge on any atom is 0.253 e. The standard InChI is InChI=1S/C26H30FN5O3/c1-17(33)28-23-13-20(14-24(15-23)29-18(2)34)26(35)32(3)11-6-4-5-10-22-16-25(31-30-22)19-8-7-9-21(27)12-19/h7-9,12-16H,4-6,10-11H2,1-3H3,(H,28,33)(H,29,34)(H,30,31). The Morgan fingerprint density at radius 1 is 0.943 bits per heavy atom. The third kappa shape index (κ3) is 7.77. The third-order valence-electron chi connectivity index (χ3n) is 5.36. The van der Waals surface area contributed by atoms with E-state index in [1.54, 1.807) is 36.2 Å². The summed E-state index contributed by atoms with van der Waals surface area (Å²) in [5.74, 6) is -1.02. The number of anilines is 2. The quantitative estimate of drug-likeness (QED) is 0.369. The number of carbonyl (C=O) groups excluding carboxylic acids is 3. The fourth-order valence-electron chi connectivity index (χ4n) is 3.75. The third-order valence-corrected chi connectivity index (χ3v) is 5.36. The molecule has 0 radical (unpaired) electrons. The van der Waals surface area contributed by atoms with Crippen LogP contribution < -0.4 is 10.6 Å². The first kappa shape index (κ1) is 25.6. The predicted molar refractivity (Wildman–Crippen MR) is 134 cm³/mol. The zero-order valence-electron chi connectivity index (χ0n) is 20.2. The molecule has 8 nitrogen and oxygen atoms in total. The van der Waals surface area contributed by atoms with E-state index in [1.807, 2.05) is 12.1 Å². The molecule has 0 fully saturated rings. The molecular formula is C26H30FN5O3.